The lowest BCUT2D eigenvalue weighted by Crippen LogP contribution is -2.40. The minimum Gasteiger partial charge on any atom is -0.485 e. The SMILES string of the molecule is CNC1CCCCCC1Oc1cccc2c1OC(C)(C)C2. The average molecular weight is 289 g/mol. The predicted octanol–water partition coefficient (Wildman–Crippen LogP) is 3.70. The molecule has 1 aliphatic heterocycles. The van der Waals surface area contributed by atoms with Crippen LogP contribution in [0.5, 0.6) is 11.5 Å². The van der Waals surface area contributed by atoms with Crippen LogP contribution in [-0.4, -0.2) is 24.8 Å². The van der Waals surface area contributed by atoms with Crippen molar-refractivity contribution < 1.29 is 9.47 Å². The third-order valence-electron chi connectivity index (χ3n) is 4.66. The highest BCUT2D eigenvalue weighted by molar-refractivity contribution is 5.50. The summed E-state index contributed by atoms with van der Waals surface area (Å²) in [6.07, 6.45) is 7.39. The molecule has 116 valence electrons. The minimum absolute atomic E-state index is 0.117. The Kier molecular flexibility index (Phi) is 4.12. The molecule has 1 aromatic rings. The average Bonchev–Trinajstić information content (AvgIpc) is 2.62. The van der Waals surface area contributed by atoms with E-state index in [2.05, 4.69) is 37.4 Å². The zero-order valence-electron chi connectivity index (χ0n) is 13.4. The second-order valence-electron chi connectivity index (χ2n) is 6.97. The Morgan fingerprint density at radius 1 is 1.19 bits per heavy atom. The van der Waals surface area contributed by atoms with Crippen molar-refractivity contribution in [3.05, 3.63) is 23.8 Å². The summed E-state index contributed by atoms with van der Waals surface area (Å²) in [6, 6.07) is 6.74. The number of rotatable bonds is 3. The van der Waals surface area contributed by atoms with Crippen molar-refractivity contribution in [3.63, 3.8) is 0 Å². The summed E-state index contributed by atoms with van der Waals surface area (Å²) in [4.78, 5) is 0. The van der Waals surface area contributed by atoms with Crippen LogP contribution >= 0.6 is 0 Å². The summed E-state index contributed by atoms with van der Waals surface area (Å²) in [5.41, 5.74) is 1.15. The van der Waals surface area contributed by atoms with Gasteiger partial charge in [-0.1, -0.05) is 25.0 Å². The lowest BCUT2D eigenvalue weighted by molar-refractivity contribution is 0.113. The molecule has 0 saturated heterocycles. The molecule has 0 bridgehead atoms. The van der Waals surface area contributed by atoms with E-state index in [0.717, 1.165) is 24.3 Å². The predicted molar refractivity (Wildman–Crippen MR) is 85.2 cm³/mol. The van der Waals surface area contributed by atoms with E-state index in [1.165, 1.54) is 31.2 Å². The highest BCUT2D eigenvalue weighted by Crippen LogP contribution is 2.42. The fourth-order valence-corrected chi connectivity index (χ4v) is 3.59. The Labute approximate surface area is 128 Å². The van der Waals surface area contributed by atoms with Crippen molar-refractivity contribution in [2.24, 2.45) is 0 Å². The monoisotopic (exact) mass is 289 g/mol. The van der Waals surface area contributed by atoms with Crippen molar-refractivity contribution in [2.45, 2.75) is 70.1 Å². The fourth-order valence-electron chi connectivity index (χ4n) is 3.59. The maximum atomic E-state index is 6.39. The molecule has 0 amide bonds. The summed E-state index contributed by atoms with van der Waals surface area (Å²) in [5.74, 6) is 1.88. The Balaban J connectivity index is 1.81. The molecule has 1 heterocycles. The van der Waals surface area contributed by atoms with E-state index in [1.54, 1.807) is 0 Å². The van der Waals surface area contributed by atoms with Gasteiger partial charge < -0.3 is 14.8 Å². The minimum atomic E-state index is -0.117. The Morgan fingerprint density at radius 3 is 2.81 bits per heavy atom. The van der Waals surface area contributed by atoms with Crippen molar-refractivity contribution in [1.82, 2.24) is 5.32 Å². The molecule has 0 spiro atoms. The van der Waals surface area contributed by atoms with Crippen LogP contribution in [0.25, 0.3) is 0 Å². The van der Waals surface area contributed by atoms with Crippen LogP contribution in [-0.2, 0) is 6.42 Å². The van der Waals surface area contributed by atoms with Gasteiger partial charge in [0.2, 0.25) is 0 Å². The fraction of sp³-hybridized carbons (Fsp3) is 0.667. The first-order chi connectivity index (χ1) is 10.1. The van der Waals surface area contributed by atoms with E-state index in [9.17, 15) is 0 Å². The number of hydrogen-bond donors (Lipinski definition) is 1. The van der Waals surface area contributed by atoms with Gasteiger partial charge in [-0.25, -0.2) is 0 Å². The van der Waals surface area contributed by atoms with Gasteiger partial charge in [0.25, 0.3) is 0 Å². The molecular weight excluding hydrogens is 262 g/mol. The highest BCUT2D eigenvalue weighted by Gasteiger charge is 2.33. The molecule has 1 aliphatic carbocycles. The summed E-state index contributed by atoms with van der Waals surface area (Å²) in [7, 11) is 2.04. The topological polar surface area (TPSA) is 30.5 Å². The van der Waals surface area contributed by atoms with E-state index >= 15 is 0 Å². The molecule has 1 saturated carbocycles. The number of nitrogens with one attached hydrogen (secondary N) is 1. The molecule has 2 atom stereocenters. The third-order valence-corrected chi connectivity index (χ3v) is 4.66. The third kappa shape index (κ3) is 3.18. The molecule has 3 rings (SSSR count). The van der Waals surface area contributed by atoms with Crippen molar-refractivity contribution in [3.8, 4) is 11.5 Å². The number of fused-ring (bicyclic) bond motifs is 1. The van der Waals surface area contributed by atoms with Crippen LogP contribution in [0.15, 0.2) is 18.2 Å². The number of hydrogen-bond acceptors (Lipinski definition) is 3. The number of likely N-dealkylation sites (N-methyl/N-ethyl adjacent to an activating group) is 1. The second kappa shape index (κ2) is 5.88. The van der Waals surface area contributed by atoms with Gasteiger partial charge in [-0.05, 0) is 46.2 Å². The lowest BCUT2D eigenvalue weighted by Gasteiger charge is -2.27. The Bertz CT molecular complexity index is 498. The van der Waals surface area contributed by atoms with Gasteiger partial charge in [-0.2, -0.15) is 0 Å². The van der Waals surface area contributed by atoms with Gasteiger partial charge in [0, 0.05) is 18.0 Å². The molecule has 2 unspecified atom stereocenters. The van der Waals surface area contributed by atoms with Gasteiger partial charge >= 0.3 is 0 Å². The molecule has 1 aromatic carbocycles. The zero-order valence-corrected chi connectivity index (χ0v) is 13.4. The first-order valence-corrected chi connectivity index (χ1v) is 8.24. The van der Waals surface area contributed by atoms with Crippen molar-refractivity contribution in [2.75, 3.05) is 7.05 Å². The highest BCUT2D eigenvalue weighted by atomic mass is 16.5. The second-order valence-corrected chi connectivity index (χ2v) is 6.97. The Morgan fingerprint density at radius 2 is 2.00 bits per heavy atom. The lowest BCUT2D eigenvalue weighted by atomic mass is 10.0. The van der Waals surface area contributed by atoms with E-state index in [0.29, 0.717) is 6.04 Å². The maximum absolute atomic E-state index is 6.39. The molecule has 2 aliphatic rings. The Hall–Kier alpha value is -1.22. The van der Waals surface area contributed by atoms with E-state index in [1.807, 2.05) is 7.05 Å². The molecule has 21 heavy (non-hydrogen) atoms. The van der Waals surface area contributed by atoms with E-state index < -0.39 is 0 Å². The van der Waals surface area contributed by atoms with E-state index in [-0.39, 0.29) is 11.7 Å². The van der Waals surface area contributed by atoms with Crippen LogP contribution in [0.2, 0.25) is 0 Å². The standard InChI is InChI=1S/C18H27NO2/c1-18(2)12-13-8-7-11-16(17(13)21-18)20-15-10-6-4-5-9-14(15)19-3/h7-8,11,14-15,19H,4-6,9-10,12H2,1-3H3. The molecule has 0 aromatic heterocycles. The van der Waals surface area contributed by atoms with Gasteiger partial charge in [0.05, 0.1) is 0 Å². The van der Waals surface area contributed by atoms with Crippen LogP contribution in [0, 0.1) is 0 Å². The molecule has 1 fully saturated rings. The number of ether oxygens (including phenoxy) is 2. The zero-order chi connectivity index (χ0) is 14.9. The summed E-state index contributed by atoms with van der Waals surface area (Å²) < 4.78 is 12.5. The van der Waals surface area contributed by atoms with Crippen LogP contribution in [0.4, 0.5) is 0 Å². The summed E-state index contributed by atoms with van der Waals surface area (Å²) in [5, 5.41) is 3.43. The summed E-state index contributed by atoms with van der Waals surface area (Å²) in [6.45, 7) is 4.28. The van der Waals surface area contributed by atoms with Gasteiger partial charge in [-0.15, -0.1) is 0 Å². The quantitative estimate of drug-likeness (QED) is 0.861. The molecule has 3 nitrogen and oxygen atoms in total. The first-order valence-electron chi connectivity index (χ1n) is 8.24. The number of para-hydroxylation sites is 1. The normalized spacial score (nSPS) is 27.6. The molecule has 0 radical (unpaired) electrons. The van der Waals surface area contributed by atoms with Gasteiger partial charge in [0.15, 0.2) is 11.5 Å². The number of benzene rings is 1. The van der Waals surface area contributed by atoms with E-state index in [4.69, 9.17) is 9.47 Å². The first kappa shape index (κ1) is 14.7. The van der Waals surface area contributed by atoms with Crippen LogP contribution in [0.1, 0.15) is 51.5 Å². The summed E-state index contributed by atoms with van der Waals surface area (Å²) >= 11 is 0. The smallest absolute Gasteiger partial charge is 0.165 e. The van der Waals surface area contributed by atoms with Crippen molar-refractivity contribution >= 4 is 0 Å². The molecule has 1 N–H and O–H groups in total. The van der Waals surface area contributed by atoms with Crippen LogP contribution in [0.3, 0.4) is 0 Å². The molecular formula is C18H27NO2. The largest absolute Gasteiger partial charge is 0.485 e. The van der Waals surface area contributed by atoms with Gasteiger partial charge in [0.1, 0.15) is 11.7 Å². The van der Waals surface area contributed by atoms with Crippen molar-refractivity contribution in [1.29, 1.82) is 0 Å². The maximum Gasteiger partial charge on any atom is 0.165 e. The van der Waals surface area contributed by atoms with Gasteiger partial charge in [-0.3, -0.25) is 0 Å². The van der Waals surface area contributed by atoms with Crippen LogP contribution < -0.4 is 14.8 Å². The molecule has 3 heteroatoms.